The van der Waals surface area contributed by atoms with Gasteiger partial charge in [-0.1, -0.05) is 24.3 Å². The minimum atomic E-state index is -0.785. The van der Waals surface area contributed by atoms with Crippen molar-refractivity contribution >= 4 is 19.9 Å². The molecule has 0 spiro atoms. The van der Waals surface area contributed by atoms with Crippen molar-refractivity contribution in [2.24, 2.45) is 0 Å². The van der Waals surface area contributed by atoms with Crippen LogP contribution in [0.25, 0.3) is 0 Å². The van der Waals surface area contributed by atoms with Crippen molar-refractivity contribution in [3.05, 3.63) is 36.4 Å². The fourth-order valence-electron chi connectivity index (χ4n) is 2.39. The molecule has 0 aromatic heterocycles. The first-order valence-electron chi connectivity index (χ1n) is 6.64. The summed E-state index contributed by atoms with van der Waals surface area (Å²) in [6, 6.07) is 11.9. The molecule has 2 aromatic carbocycles. The highest BCUT2D eigenvalue weighted by Gasteiger charge is 2.15. The summed E-state index contributed by atoms with van der Waals surface area (Å²) in [5, 5.41) is 2.34. The van der Waals surface area contributed by atoms with E-state index in [1.807, 2.05) is 24.3 Å². The molecule has 0 aliphatic carbocycles. The molecule has 0 atom stereocenters. The van der Waals surface area contributed by atoms with Gasteiger partial charge in [0.1, 0.15) is 0 Å². The van der Waals surface area contributed by atoms with Crippen molar-refractivity contribution in [2.75, 3.05) is 28.4 Å². The molecule has 0 bridgehead atoms. The van der Waals surface area contributed by atoms with E-state index >= 15 is 0 Å². The zero-order valence-corrected chi connectivity index (χ0v) is 14.2. The zero-order valence-electron chi connectivity index (χ0n) is 12.8. The van der Waals surface area contributed by atoms with E-state index in [1.54, 1.807) is 28.4 Å². The minimum absolute atomic E-state index is 0.754. The fraction of sp³-hybridized carbons (Fsp3) is 0.250. The average molecular weight is 304 g/mol. The summed E-state index contributed by atoms with van der Waals surface area (Å²) >= 11 is 0. The van der Waals surface area contributed by atoms with Crippen molar-refractivity contribution in [3.8, 4) is 23.0 Å². The molecule has 112 valence electrons. The summed E-state index contributed by atoms with van der Waals surface area (Å²) in [4.78, 5) is 0. The molecule has 0 radical (unpaired) electrons. The molecule has 2 aromatic rings. The first-order valence-corrected chi connectivity index (χ1v) is 8.06. The molecule has 21 heavy (non-hydrogen) atoms. The standard InChI is InChI=1S/C16H20O4Si/c1-17-11-7-5-9-13(15(11)19-3)21-14-10-6-8-12(18-2)16(14)20-4/h5-10H,21H2,1-4H3. The third-order valence-electron chi connectivity index (χ3n) is 3.35. The number of para-hydroxylation sites is 2. The third kappa shape index (κ3) is 3.13. The Morgan fingerprint density at radius 1 is 0.619 bits per heavy atom. The van der Waals surface area contributed by atoms with Crippen LogP contribution in [0.2, 0.25) is 0 Å². The SMILES string of the molecule is COc1cccc([SiH2]c2cccc(OC)c2OC)c1OC. The Morgan fingerprint density at radius 2 is 1.05 bits per heavy atom. The topological polar surface area (TPSA) is 36.9 Å². The second-order valence-corrected chi connectivity index (χ2v) is 6.36. The zero-order chi connectivity index (χ0) is 15.2. The molecule has 0 aliphatic heterocycles. The van der Waals surface area contributed by atoms with Crippen molar-refractivity contribution in [1.82, 2.24) is 0 Å². The molecule has 0 unspecified atom stereocenters. The van der Waals surface area contributed by atoms with Crippen molar-refractivity contribution < 1.29 is 18.9 Å². The van der Waals surface area contributed by atoms with Gasteiger partial charge in [0.15, 0.2) is 23.0 Å². The van der Waals surface area contributed by atoms with Gasteiger partial charge in [-0.2, -0.15) is 0 Å². The van der Waals surface area contributed by atoms with Gasteiger partial charge in [-0.05, 0) is 22.5 Å². The van der Waals surface area contributed by atoms with Crippen molar-refractivity contribution in [3.63, 3.8) is 0 Å². The van der Waals surface area contributed by atoms with E-state index in [4.69, 9.17) is 18.9 Å². The van der Waals surface area contributed by atoms with Gasteiger partial charge >= 0.3 is 0 Å². The number of methoxy groups -OCH3 is 4. The highest BCUT2D eigenvalue weighted by Crippen LogP contribution is 2.25. The smallest absolute Gasteiger partial charge is 0.160 e. The molecular formula is C16H20O4Si. The van der Waals surface area contributed by atoms with E-state index in [0.29, 0.717) is 0 Å². The van der Waals surface area contributed by atoms with Crippen LogP contribution < -0.4 is 29.3 Å². The largest absolute Gasteiger partial charge is 0.493 e. The quantitative estimate of drug-likeness (QED) is 0.741. The maximum absolute atomic E-state index is 5.51. The van der Waals surface area contributed by atoms with E-state index in [1.165, 1.54) is 10.4 Å². The van der Waals surface area contributed by atoms with Gasteiger partial charge in [-0.15, -0.1) is 0 Å². The number of hydrogen-bond donors (Lipinski definition) is 0. The Hall–Kier alpha value is -2.14. The molecule has 0 amide bonds. The second kappa shape index (κ2) is 7.03. The molecule has 0 saturated carbocycles. The van der Waals surface area contributed by atoms with Gasteiger partial charge in [0.05, 0.1) is 38.0 Å². The number of hydrogen-bond acceptors (Lipinski definition) is 4. The molecule has 0 heterocycles. The molecular weight excluding hydrogens is 284 g/mol. The van der Waals surface area contributed by atoms with Crippen molar-refractivity contribution in [2.45, 2.75) is 0 Å². The van der Waals surface area contributed by atoms with Crippen molar-refractivity contribution in [1.29, 1.82) is 0 Å². The van der Waals surface area contributed by atoms with Gasteiger partial charge in [-0.3, -0.25) is 0 Å². The monoisotopic (exact) mass is 304 g/mol. The molecule has 5 heteroatoms. The molecule has 0 N–H and O–H groups in total. The average Bonchev–Trinajstić information content (AvgIpc) is 2.54. The Morgan fingerprint density at radius 3 is 1.38 bits per heavy atom. The van der Waals surface area contributed by atoms with Gasteiger partial charge in [-0.25, -0.2) is 0 Å². The first-order chi connectivity index (χ1) is 10.2. The summed E-state index contributed by atoms with van der Waals surface area (Å²) in [7, 11) is 5.84. The lowest BCUT2D eigenvalue weighted by atomic mass is 10.3. The fourth-order valence-corrected chi connectivity index (χ4v) is 4.27. The van der Waals surface area contributed by atoms with E-state index in [2.05, 4.69) is 12.1 Å². The highest BCUT2D eigenvalue weighted by molar-refractivity contribution is 6.69. The van der Waals surface area contributed by atoms with E-state index in [9.17, 15) is 0 Å². The summed E-state index contributed by atoms with van der Waals surface area (Å²) in [5.41, 5.74) is 0. The van der Waals surface area contributed by atoms with Crippen LogP contribution in [0.15, 0.2) is 36.4 Å². The third-order valence-corrected chi connectivity index (χ3v) is 5.23. The van der Waals surface area contributed by atoms with Crippen LogP contribution in [-0.2, 0) is 0 Å². The number of rotatable bonds is 6. The van der Waals surface area contributed by atoms with E-state index in [0.717, 1.165) is 23.0 Å². The molecule has 0 fully saturated rings. The Bertz CT molecular complexity index is 560. The summed E-state index contributed by atoms with van der Waals surface area (Å²) in [5.74, 6) is 3.11. The summed E-state index contributed by atoms with van der Waals surface area (Å²) in [6.45, 7) is 0. The Labute approximate surface area is 127 Å². The first kappa shape index (κ1) is 15.2. The molecule has 0 aliphatic rings. The Balaban J connectivity index is 2.43. The van der Waals surface area contributed by atoms with E-state index in [-0.39, 0.29) is 0 Å². The number of ether oxygens (including phenoxy) is 4. The van der Waals surface area contributed by atoms with Gasteiger partial charge in [0.2, 0.25) is 0 Å². The van der Waals surface area contributed by atoms with Gasteiger partial charge in [0.25, 0.3) is 0 Å². The normalized spacial score (nSPS) is 10.1. The predicted molar refractivity (Wildman–Crippen MR) is 86.9 cm³/mol. The van der Waals surface area contributed by atoms with E-state index < -0.39 is 9.52 Å². The minimum Gasteiger partial charge on any atom is -0.493 e. The highest BCUT2D eigenvalue weighted by atomic mass is 28.2. The van der Waals surface area contributed by atoms with Crippen LogP contribution in [0.4, 0.5) is 0 Å². The van der Waals surface area contributed by atoms with Crippen LogP contribution in [0.5, 0.6) is 23.0 Å². The van der Waals surface area contributed by atoms with Crippen LogP contribution in [0.3, 0.4) is 0 Å². The maximum atomic E-state index is 5.51. The predicted octanol–water partition coefficient (Wildman–Crippen LogP) is 0.841. The number of benzene rings is 2. The lowest BCUT2D eigenvalue weighted by Gasteiger charge is -2.15. The van der Waals surface area contributed by atoms with Crippen LogP contribution in [0.1, 0.15) is 0 Å². The van der Waals surface area contributed by atoms with Crippen LogP contribution in [-0.4, -0.2) is 38.0 Å². The lowest BCUT2D eigenvalue weighted by Crippen LogP contribution is -2.29. The van der Waals surface area contributed by atoms with Crippen LogP contribution in [0, 0.1) is 0 Å². The summed E-state index contributed by atoms with van der Waals surface area (Å²) in [6.07, 6.45) is 0. The Kier molecular flexibility index (Phi) is 5.11. The summed E-state index contributed by atoms with van der Waals surface area (Å²) < 4.78 is 21.7. The molecule has 2 rings (SSSR count). The van der Waals surface area contributed by atoms with Gasteiger partial charge < -0.3 is 18.9 Å². The second-order valence-electron chi connectivity index (χ2n) is 4.48. The molecule has 0 saturated heterocycles. The van der Waals surface area contributed by atoms with Gasteiger partial charge in [0, 0.05) is 0 Å². The van der Waals surface area contributed by atoms with Crippen LogP contribution >= 0.6 is 0 Å². The molecule has 4 nitrogen and oxygen atoms in total. The maximum Gasteiger partial charge on any atom is 0.160 e. The lowest BCUT2D eigenvalue weighted by molar-refractivity contribution is 0.356.